The van der Waals surface area contributed by atoms with Gasteiger partial charge in [-0.05, 0) is 35.1 Å². The third kappa shape index (κ3) is 3.25. The number of aromatic nitrogens is 4. The molecule has 2 heterocycles. The van der Waals surface area contributed by atoms with Crippen molar-refractivity contribution >= 4 is 0 Å². The number of aryl methyl sites for hydroxylation is 1. The third-order valence-corrected chi connectivity index (χ3v) is 3.35. The van der Waals surface area contributed by atoms with Crippen molar-refractivity contribution in [1.29, 1.82) is 0 Å². The molecule has 2 atom stereocenters. The van der Waals surface area contributed by atoms with Gasteiger partial charge in [-0.1, -0.05) is 20.8 Å². The molecule has 1 aromatic heterocycles. The minimum absolute atomic E-state index is 0.786. The predicted octanol–water partition coefficient (Wildman–Crippen LogP) is 1.56. The molecule has 2 rings (SSSR count). The summed E-state index contributed by atoms with van der Waals surface area (Å²) in [5, 5.41) is 12.0. The molecular formula is C12H23N5. The fourth-order valence-electron chi connectivity index (χ4n) is 2.84. The average Bonchev–Trinajstić information content (AvgIpc) is 2.65. The lowest BCUT2D eigenvalue weighted by molar-refractivity contribution is 0.129. The zero-order valence-electron chi connectivity index (χ0n) is 11.1. The summed E-state index contributed by atoms with van der Waals surface area (Å²) in [4.78, 5) is 2.48. The fraction of sp³-hybridized carbons (Fsp3) is 0.917. The number of hydrogen-bond acceptors (Lipinski definition) is 4. The van der Waals surface area contributed by atoms with Crippen LogP contribution >= 0.6 is 0 Å². The summed E-state index contributed by atoms with van der Waals surface area (Å²) >= 11 is 0. The van der Waals surface area contributed by atoms with Crippen molar-refractivity contribution in [1.82, 2.24) is 25.1 Å². The van der Waals surface area contributed by atoms with Crippen LogP contribution in [-0.2, 0) is 13.1 Å². The molecule has 1 aromatic rings. The standard InChI is InChI=1S/C12H23N5/c1-4-5-17-12(13-14-15-17)9-16-7-10(2)6-11(3)8-16/h10-11H,4-9H2,1-3H3/t10-,11-/m0/s1. The largest absolute Gasteiger partial charge is 0.295 e. The first kappa shape index (κ1) is 12.5. The van der Waals surface area contributed by atoms with Gasteiger partial charge in [0.2, 0.25) is 0 Å². The van der Waals surface area contributed by atoms with Crippen LogP contribution in [0, 0.1) is 11.8 Å². The summed E-state index contributed by atoms with van der Waals surface area (Å²) in [5.74, 6) is 2.58. The van der Waals surface area contributed by atoms with E-state index in [2.05, 4.69) is 41.2 Å². The van der Waals surface area contributed by atoms with Crippen LogP contribution in [0.3, 0.4) is 0 Å². The number of rotatable bonds is 4. The van der Waals surface area contributed by atoms with Gasteiger partial charge in [0.25, 0.3) is 0 Å². The van der Waals surface area contributed by atoms with Crippen LogP contribution in [-0.4, -0.2) is 38.2 Å². The molecule has 0 amide bonds. The number of hydrogen-bond donors (Lipinski definition) is 0. The number of nitrogens with zero attached hydrogens (tertiary/aromatic N) is 5. The second kappa shape index (κ2) is 5.58. The molecule has 0 aromatic carbocycles. The Hall–Kier alpha value is -0.970. The highest BCUT2D eigenvalue weighted by atomic mass is 15.5. The van der Waals surface area contributed by atoms with E-state index in [4.69, 9.17) is 0 Å². The van der Waals surface area contributed by atoms with Gasteiger partial charge in [-0.25, -0.2) is 4.68 Å². The van der Waals surface area contributed by atoms with Gasteiger partial charge in [-0.15, -0.1) is 5.10 Å². The number of tetrazole rings is 1. The van der Waals surface area contributed by atoms with Crippen LogP contribution in [0.25, 0.3) is 0 Å². The molecular weight excluding hydrogens is 214 g/mol. The molecule has 1 aliphatic heterocycles. The van der Waals surface area contributed by atoms with Crippen molar-refractivity contribution in [3.05, 3.63) is 5.82 Å². The molecule has 5 heteroatoms. The van der Waals surface area contributed by atoms with E-state index in [9.17, 15) is 0 Å². The van der Waals surface area contributed by atoms with Crippen LogP contribution in [0.15, 0.2) is 0 Å². The molecule has 1 aliphatic rings. The van der Waals surface area contributed by atoms with Crippen LogP contribution in [0.5, 0.6) is 0 Å². The molecule has 0 unspecified atom stereocenters. The highest BCUT2D eigenvalue weighted by molar-refractivity contribution is 4.84. The van der Waals surface area contributed by atoms with Crippen LogP contribution in [0.2, 0.25) is 0 Å². The molecule has 0 N–H and O–H groups in total. The second-order valence-corrected chi connectivity index (χ2v) is 5.46. The van der Waals surface area contributed by atoms with Gasteiger partial charge in [-0.2, -0.15) is 0 Å². The van der Waals surface area contributed by atoms with Gasteiger partial charge in [0.05, 0.1) is 6.54 Å². The minimum atomic E-state index is 0.786. The molecule has 0 saturated carbocycles. The van der Waals surface area contributed by atoms with Crippen LogP contribution in [0.1, 0.15) is 39.4 Å². The Morgan fingerprint density at radius 2 is 1.94 bits per heavy atom. The first-order valence-electron chi connectivity index (χ1n) is 6.66. The van der Waals surface area contributed by atoms with E-state index in [0.717, 1.165) is 37.2 Å². The Morgan fingerprint density at radius 3 is 2.59 bits per heavy atom. The van der Waals surface area contributed by atoms with Crippen molar-refractivity contribution in [2.75, 3.05) is 13.1 Å². The van der Waals surface area contributed by atoms with Crippen LogP contribution < -0.4 is 0 Å². The van der Waals surface area contributed by atoms with Crippen LogP contribution in [0.4, 0.5) is 0 Å². The maximum Gasteiger partial charge on any atom is 0.165 e. The maximum atomic E-state index is 4.14. The molecule has 1 saturated heterocycles. The Bertz CT molecular complexity index is 338. The van der Waals surface area contributed by atoms with E-state index in [1.165, 1.54) is 19.5 Å². The van der Waals surface area contributed by atoms with Crippen molar-refractivity contribution < 1.29 is 0 Å². The molecule has 96 valence electrons. The lowest BCUT2D eigenvalue weighted by Crippen LogP contribution is -2.38. The Labute approximate surface area is 103 Å². The van der Waals surface area contributed by atoms with E-state index >= 15 is 0 Å². The number of likely N-dealkylation sites (tertiary alicyclic amines) is 1. The van der Waals surface area contributed by atoms with Gasteiger partial charge >= 0.3 is 0 Å². The van der Waals surface area contributed by atoms with Gasteiger partial charge in [-0.3, -0.25) is 4.90 Å². The zero-order valence-corrected chi connectivity index (χ0v) is 11.1. The first-order chi connectivity index (χ1) is 8.19. The van der Waals surface area contributed by atoms with Crippen molar-refractivity contribution in [3.63, 3.8) is 0 Å². The summed E-state index contributed by atoms with van der Waals surface area (Å²) in [5.41, 5.74) is 0. The summed E-state index contributed by atoms with van der Waals surface area (Å²) < 4.78 is 1.93. The Morgan fingerprint density at radius 1 is 1.24 bits per heavy atom. The molecule has 0 aliphatic carbocycles. The molecule has 0 spiro atoms. The predicted molar refractivity (Wildman–Crippen MR) is 66.3 cm³/mol. The third-order valence-electron chi connectivity index (χ3n) is 3.35. The summed E-state index contributed by atoms with van der Waals surface area (Å²) in [6.45, 7) is 11.0. The van der Waals surface area contributed by atoms with E-state index in [-0.39, 0.29) is 0 Å². The van der Waals surface area contributed by atoms with Gasteiger partial charge in [0, 0.05) is 19.6 Å². The lowest BCUT2D eigenvalue weighted by Gasteiger charge is -2.34. The van der Waals surface area contributed by atoms with E-state index in [0.29, 0.717) is 0 Å². The van der Waals surface area contributed by atoms with Crippen molar-refractivity contribution in [3.8, 4) is 0 Å². The summed E-state index contributed by atoms with van der Waals surface area (Å²) in [6, 6.07) is 0. The maximum absolute atomic E-state index is 4.14. The van der Waals surface area contributed by atoms with E-state index in [1.54, 1.807) is 0 Å². The normalized spacial score (nSPS) is 26.3. The second-order valence-electron chi connectivity index (χ2n) is 5.46. The SMILES string of the molecule is CCCn1nnnc1CN1C[C@@H](C)C[C@H](C)C1. The quantitative estimate of drug-likeness (QED) is 0.797. The first-order valence-corrected chi connectivity index (χ1v) is 6.66. The van der Waals surface area contributed by atoms with Gasteiger partial charge in [0.1, 0.15) is 0 Å². The number of piperidine rings is 1. The van der Waals surface area contributed by atoms with Gasteiger partial charge < -0.3 is 0 Å². The van der Waals surface area contributed by atoms with Crippen molar-refractivity contribution in [2.24, 2.45) is 11.8 Å². The molecule has 5 nitrogen and oxygen atoms in total. The highest BCUT2D eigenvalue weighted by Crippen LogP contribution is 2.21. The minimum Gasteiger partial charge on any atom is -0.295 e. The monoisotopic (exact) mass is 237 g/mol. The molecule has 1 fully saturated rings. The molecule has 0 radical (unpaired) electrons. The molecule has 17 heavy (non-hydrogen) atoms. The smallest absolute Gasteiger partial charge is 0.165 e. The lowest BCUT2D eigenvalue weighted by atomic mass is 9.92. The van der Waals surface area contributed by atoms with Crippen molar-refractivity contribution in [2.45, 2.75) is 46.7 Å². The highest BCUT2D eigenvalue weighted by Gasteiger charge is 2.23. The topological polar surface area (TPSA) is 46.8 Å². The van der Waals surface area contributed by atoms with Gasteiger partial charge in [0.15, 0.2) is 5.82 Å². The Balaban J connectivity index is 1.97. The van der Waals surface area contributed by atoms with E-state index < -0.39 is 0 Å². The summed E-state index contributed by atoms with van der Waals surface area (Å²) in [6.07, 6.45) is 2.42. The zero-order chi connectivity index (χ0) is 12.3. The Kier molecular flexibility index (Phi) is 4.10. The average molecular weight is 237 g/mol. The fourth-order valence-corrected chi connectivity index (χ4v) is 2.84. The summed E-state index contributed by atoms with van der Waals surface area (Å²) in [7, 11) is 0. The molecule has 0 bridgehead atoms. The van der Waals surface area contributed by atoms with E-state index in [1.807, 2.05) is 4.68 Å².